The topological polar surface area (TPSA) is 99.6 Å². The number of nitro groups is 1. The minimum absolute atomic E-state index is 0.0614. The average molecular weight is 546 g/mol. The van der Waals surface area contributed by atoms with Crippen LogP contribution in [0.5, 0.6) is 5.75 Å². The molecule has 8 nitrogen and oxygen atoms in total. The number of ether oxygens (including phenoxy) is 1. The van der Waals surface area contributed by atoms with Crippen LogP contribution in [-0.4, -0.2) is 20.8 Å². The lowest BCUT2D eigenvalue weighted by atomic mass is 10.2. The highest BCUT2D eigenvalue weighted by molar-refractivity contribution is 9.10. The van der Waals surface area contributed by atoms with E-state index < -0.39 is 16.3 Å². The number of hydrogen-bond donors (Lipinski definition) is 0. The van der Waals surface area contributed by atoms with Gasteiger partial charge in [-0.05, 0) is 48.9 Å². The SMILES string of the molecule is Cc1nc2ccc(Br)cc2c(=O)n1N=Cc1cc(Cl)cc([N+](=O)[O-])c1OCc1ccc(F)cc1. The molecule has 1 aromatic heterocycles. The van der Waals surface area contributed by atoms with Gasteiger partial charge in [0.2, 0.25) is 5.75 Å². The molecule has 4 rings (SSSR count). The summed E-state index contributed by atoms with van der Waals surface area (Å²) < 4.78 is 20.7. The van der Waals surface area contributed by atoms with Crippen molar-refractivity contribution >= 4 is 50.3 Å². The molecule has 0 aliphatic heterocycles. The van der Waals surface area contributed by atoms with E-state index in [-0.39, 0.29) is 28.6 Å². The number of nitro benzene ring substituents is 1. The molecule has 1 heterocycles. The molecule has 0 aliphatic rings. The van der Waals surface area contributed by atoms with E-state index in [1.807, 2.05) is 0 Å². The van der Waals surface area contributed by atoms with Crippen molar-refractivity contribution in [1.82, 2.24) is 9.66 Å². The van der Waals surface area contributed by atoms with Crippen molar-refractivity contribution < 1.29 is 14.1 Å². The fourth-order valence-corrected chi connectivity index (χ4v) is 3.82. The maximum Gasteiger partial charge on any atom is 0.313 e. The number of aryl methyl sites for hydroxylation is 1. The van der Waals surface area contributed by atoms with E-state index in [9.17, 15) is 19.3 Å². The van der Waals surface area contributed by atoms with Crippen molar-refractivity contribution in [1.29, 1.82) is 0 Å². The molecule has 0 spiro atoms. The molecule has 0 bridgehead atoms. The number of aromatic nitrogens is 2. The maximum absolute atomic E-state index is 13.2. The highest BCUT2D eigenvalue weighted by Gasteiger charge is 2.21. The average Bonchev–Trinajstić information content (AvgIpc) is 2.79. The summed E-state index contributed by atoms with van der Waals surface area (Å²) in [6.45, 7) is 1.56. The van der Waals surface area contributed by atoms with E-state index >= 15 is 0 Å². The predicted molar refractivity (Wildman–Crippen MR) is 130 cm³/mol. The largest absolute Gasteiger partial charge is 0.481 e. The molecular weight excluding hydrogens is 531 g/mol. The number of hydrogen-bond acceptors (Lipinski definition) is 6. The van der Waals surface area contributed by atoms with Crippen molar-refractivity contribution in [3.63, 3.8) is 0 Å². The summed E-state index contributed by atoms with van der Waals surface area (Å²) >= 11 is 9.43. The number of halogens is 3. The van der Waals surface area contributed by atoms with Crippen LogP contribution in [0.4, 0.5) is 10.1 Å². The van der Waals surface area contributed by atoms with Crippen molar-refractivity contribution in [3.8, 4) is 5.75 Å². The van der Waals surface area contributed by atoms with Gasteiger partial charge in [-0.25, -0.2) is 9.37 Å². The summed E-state index contributed by atoms with van der Waals surface area (Å²) in [4.78, 5) is 28.4. The zero-order chi connectivity index (χ0) is 24.4. The highest BCUT2D eigenvalue weighted by Crippen LogP contribution is 2.34. The van der Waals surface area contributed by atoms with E-state index in [1.54, 1.807) is 25.1 Å². The summed E-state index contributed by atoms with van der Waals surface area (Å²) in [6, 6.07) is 13.3. The van der Waals surface area contributed by atoms with Gasteiger partial charge in [0.25, 0.3) is 5.56 Å². The quantitative estimate of drug-likeness (QED) is 0.178. The summed E-state index contributed by atoms with van der Waals surface area (Å²) in [5, 5.41) is 16.3. The smallest absolute Gasteiger partial charge is 0.313 e. The molecule has 0 fully saturated rings. The Bertz CT molecular complexity index is 1510. The van der Waals surface area contributed by atoms with Gasteiger partial charge in [-0.1, -0.05) is 39.7 Å². The minimum atomic E-state index is -0.629. The molecule has 0 N–H and O–H groups in total. The molecule has 3 aromatic carbocycles. The molecule has 0 unspecified atom stereocenters. The fraction of sp³-hybridized carbons (Fsp3) is 0.0870. The Morgan fingerprint density at radius 3 is 2.68 bits per heavy atom. The zero-order valence-corrected chi connectivity index (χ0v) is 19.9. The molecule has 4 aromatic rings. The van der Waals surface area contributed by atoms with Gasteiger partial charge in [-0.15, -0.1) is 0 Å². The number of nitrogens with zero attached hydrogens (tertiary/aromatic N) is 4. The number of rotatable bonds is 6. The second-order valence-corrected chi connectivity index (χ2v) is 8.55. The second kappa shape index (κ2) is 9.70. The van der Waals surface area contributed by atoms with Crippen LogP contribution in [0.2, 0.25) is 5.02 Å². The van der Waals surface area contributed by atoms with Gasteiger partial charge in [0.1, 0.15) is 18.2 Å². The van der Waals surface area contributed by atoms with E-state index in [1.165, 1.54) is 36.5 Å². The summed E-state index contributed by atoms with van der Waals surface area (Å²) in [6.07, 6.45) is 1.25. The van der Waals surface area contributed by atoms with E-state index in [2.05, 4.69) is 26.0 Å². The van der Waals surface area contributed by atoms with Crippen LogP contribution < -0.4 is 10.3 Å². The molecule has 11 heteroatoms. The van der Waals surface area contributed by atoms with E-state index in [0.717, 1.165) is 10.7 Å². The normalized spacial score (nSPS) is 11.3. The monoisotopic (exact) mass is 544 g/mol. The maximum atomic E-state index is 13.2. The third-order valence-electron chi connectivity index (χ3n) is 4.84. The first kappa shape index (κ1) is 23.5. The molecule has 34 heavy (non-hydrogen) atoms. The van der Waals surface area contributed by atoms with Crippen LogP contribution in [0.25, 0.3) is 10.9 Å². The Morgan fingerprint density at radius 2 is 1.97 bits per heavy atom. The van der Waals surface area contributed by atoms with Gasteiger partial charge in [-0.2, -0.15) is 9.78 Å². The lowest BCUT2D eigenvalue weighted by molar-refractivity contribution is -0.385. The van der Waals surface area contributed by atoms with Crippen LogP contribution in [0.15, 0.2) is 69.0 Å². The molecule has 0 radical (unpaired) electrons. The first-order chi connectivity index (χ1) is 16.2. The van der Waals surface area contributed by atoms with Gasteiger partial charge in [-0.3, -0.25) is 14.9 Å². The Hall–Kier alpha value is -3.63. The van der Waals surface area contributed by atoms with Gasteiger partial charge in [0.05, 0.1) is 22.0 Å². The highest BCUT2D eigenvalue weighted by atomic mass is 79.9. The molecule has 0 amide bonds. The summed E-state index contributed by atoms with van der Waals surface area (Å²) in [5.74, 6) is -0.183. The lowest BCUT2D eigenvalue weighted by Crippen LogP contribution is -2.20. The third-order valence-corrected chi connectivity index (χ3v) is 5.55. The van der Waals surface area contributed by atoms with Crippen LogP contribution in [0.3, 0.4) is 0 Å². The van der Waals surface area contributed by atoms with Crippen LogP contribution >= 0.6 is 27.5 Å². The zero-order valence-electron chi connectivity index (χ0n) is 17.5. The first-order valence-corrected chi connectivity index (χ1v) is 11.0. The van der Waals surface area contributed by atoms with Gasteiger partial charge >= 0.3 is 5.69 Å². The number of benzene rings is 3. The van der Waals surface area contributed by atoms with Gasteiger partial charge in [0.15, 0.2) is 0 Å². The Balaban J connectivity index is 1.77. The molecule has 0 aliphatic carbocycles. The molecule has 0 saturated heterocycles. The first-order valence-electron chi connectivity index (χ1n) is 9.81. The van der Waals surface area contributed by atoms with Crippen molar-refractivity contribution in [3.05, 3.63) is 107 Å². The third kappa shape index (κ3) is 4.97. The van der Waals surface area contributed by atoms with Crippen molar-refractivity contribution in [2.75, 3.05) is 0 Å². The van der Waals surface area contributed by atoms with Crippen LogP contribution in [-0.2, 0) is 6.61 Å². The van der Waals surface area contributed by atoms with Gasteiger partial charge in [0, 0.05) is 21.1 Å². The van der Waals surface area contributed by atoms with E-state index in [0.29, 0.717) is 26.8 Å². The standard InChI is InChI=1S/C23H15BrClFN4O4/c1-13-28-20-7-4-16(24)9-19(20)23(31)29(13)27-11-15-8-17(25)10-21(30(32)33)22(15)34-12-14-2-5-18(26)6-3-14/h2-11H,12H2,1H3. The number of fused-ring (bicyclic) bond motifs is 1. The summed E-state index contributed by atoms with van der Waals surface area (Å²) in [7, 11) is 0. The Morgan fingerprint density at radius 1 is 1.24 bits per heavy atom. The van der Waals surface area contributed by atoms with Crippen LogP contribution in [0, 0.1) is 22.9 Å². The summed E-state index contributed by atoms with van der Waals surface area (Å²) in [5.41, 5.74) is 0.511. The molecular formula is C23H15BrClFN4O4. The predicted octanol–water partition coefficient (Wildman–Crippen LogP) is 5.63. The molecule has 172 valence electrons. The minimum Gasteiger partial charge on any atom is -0.481 e. The van der Waals surface area contributed by atoms with Crippen molar-refractivity contribution in [2.45, 2.75) is 13.5 Å². The van der Waals surface area contributed by atoms with Crippen molar-refractivity contribution in [2.24, 2.45) is 5.10 Å². The van der Waals surface area contributed by atoms with E-state index in [4.69, 9.17) is 16.3 Å². The Labute approximate surface area is 205 Å². The lowest BCUT2D eigenvalue weighted by Gasteiger charge is -2.11. The second-order valence-electron chi connectivity index (χ2n) is 7.20. The fourth-order valence-electron chi connectivity index (χ4n) is 3.24. The molecule has 0 saturated carbocycles. The Kier molecular flexibility index (Phi) is 6.71. The van der Waals surface area contributed by atoms with Gasteiger partial charge < -0.3 is 4.74 Å². The van der Waals surface area contributed by atoms with Crippen LogP contribution in [0.1, 0.15) is 17.0 Å². The molecule has 0 atom stereocenters.